The molecule has 0 fully saturated rings. The molecule has 0 heterocycles. The van der Waals surface area contributed by atoms with Gasteiger partial charge in [-0.3, -0.25) is 0 Å². The maximum atomic E-state index is 5.93. The summed E-state index contributed by atoms with van der Waals surface area (Å²) < 4.78 is 5.93. The Bertz CT molecular complexity index is 316. The quantitative estimate of drug-likeness (QED) is 0.573. The van der Waals surface area contributed by atoms with Crippen LogP contribution in [0.1, 0.15) is 12.5 Å². The Balaban J connectivity index is 2.64. The van der Waals surface area contributed by atoms with Crippen LogP contribution in [0.25, 0.3) is 0 Å². The molecule has 1 rings (SSSR count). The lowest BCUT2D eigenvalue weighted by molar-refractivity contribution is 0.309. The van der Waals surface area contributed by atoms with Crippen LogP contribution in [0, 0.1) is 6.92 Å². The van der Waals surface area contributed by atoms with Gasteiger partial charge in [-0.1, -0.05) is 17.7 Å². The van der Waals surface area contributed by atoms with Crippen molar-refractivity contribution < 1.29 is 4.43 Å². The Kier molecular flexibility index (Phi) is 4.56. The minimum atomic E-state index is -1.42. The van der Waals surface area contributed by atoms with E-state index in [0.29, 0.717) is 6.73 Å². The van der Waals surface area contributed by atoms with Crippen LogP contribution >= 0.6 is 0 Å². The molecule has 0 amide bonds. The van der Waals surface area contributed by atoms with Crippen LogP contribution < -0.4 is 4.90 Å². The fourth-order valence-electron chi connectivity index (χ4n) is 1.38. The molecule has 0 aromatic heterocycles. The average molecular weight is 237 g/mol. The van der Waals surface area contributed by atoms with Crippen molar-refractivity contribution in [3.05, 3.63) is 29.8 Å². The molecule has 0 atom stereocenters. The number of benzene rings is 1. The van der Waals surface area contributed by atoms with Crippen molar-refractivity contribution in [2.45, 2.75) is 33.5 Å². The number of rotatable bonds is 5. The van der Waals surface area contributed by atoms with Crippen molar-refractivity contribution in [2.24, 2.45) is 0 Å². The Hall–Kier alpha value is -0.803. The molecule has 90 valence electrons. The van der Waals surface area contributed by atoms with Gasteiger partial charge in [0.15, 0.2) is 8.32 Å². The van der Waals surface area contributed by atoms with Crippen molar-refractivity contribution in [3.63, 3.8) is 0 Å². The van der Waals surface area contributed by atoms with E-state index in [1.54, 1.807) is 0 Å². The van der Waals surface area contributed by atoms with E-state index < -0.39 is 8.32 Å². The van der Waals surface area contributed by atoms with Gasteiger partial charge in [-0.2, -0.15) is 0 Å². The highest BCUT2D eigenvalue weighted by molar-refractivity contribution is 6.69. The Morgan fingerprint density at radius 2 is 1.69 bits per heavy atom. The third-order valence-corrected chi connectivity index (χ3v) is 3.43. The fourth-order valence-corrected chi connectivity index (χ4v) is 1.92. The predicted octanol–water partition coefficient (Wildman–Crippen LogP) is 3.63. The topological polar surface area (TPSA) is 12.5 Å². The van der Waals surface area contributed by atoms with Gasteiger partial charge < -0.3 is 9.33 Å². The van der Waals surface area contributed by atoms with Gasteiger partial charge in [-0.05, 0) is 45.6 Å². The van der Waals surface area contributed by atoms with Gasteiger partial charge >= 0.3 is 0 Å². The number of anilines is 1. The molecule has 1 aromatic carbocycles. The molecule has 0 unspecified atom stereocenters. The zero-order valence-electron chi connectivity index (χ0n) is 11.1. The van der Waals surface area contributed by atoms with E-state index >= 15 is 0 Å². The second-order valence-corrected chi connectivity index (χ2v) is 9.59. The van der Waals surface area contributed by atoms with Gasteiger partial charge in [0.05, 0.1) is 0 Å². The Morgan fingerprint density at radius 1 is 1.12 bits per heavy atom. The first kappa shape index (κ1) is 13.3. The third-order valence-electron chi connectivity index (χ3n) is 2.43. The Morgan fingerprint density at radius 3 is 2.12 bits per heavy atom. The van der Waals surface area contributed by atoms with Gasteiger partial charge in [-0.25, -0.2) is 0 Å². The van der Waals surface area contributed by atoms with E-state index in [4.69, 9.17) is 4.43 Å². The van der Waals surface area contributed by atoms with Crippen LogP contribution in [-0.2, 0) is 4.43 Å². The van der Waals surface area contributed by atoms with E-state index in [2.05, 4.69) is 62.7 Å². The lowest BCUT2D eigenvalue weighted by Gasteiger charge is -2.27. The van der Waals surface area contributed by atoms with Crippen molar-refractivity contribution >= 4 is 14.0 Å². The SMILES string of the molecule is CCN(CO[Si](C)(C)C)c1ccc(C)cc1. The molecule has 0 N–H and O–H groups in total. The Labute approximate surface area is 100 Å². The van der Waals surface area contributed by atoms with E-state index in [9.17, 15) is 0 Å². The summed E-state index contributed by atoms with van der Waals surface area (Å²) in [6.45, 7) is 12.6. The van der Waals surface area contributed by atoms with E-state index in [1.807, 2.05) is 0 Å². The summed E-state index contributed by atoms with van der Waals surface area (Å²) in [5.41, 5.74) is 2.54. The van der Waals surface area contributed by atoms with E-state index in [0.717, 1.165) is 6.54 Å². The minimum absolute atomic E-state index is 0.704. The molecule has 0 aliphatic rings. The first-order chi connectivity index (χ1) is 7.42. The number of aryl methyl sites for hydroxylation is 1. The summed E-state index contributed by atoms with van der Waals surface area (Å²) in [6.07, 6.45) is 0. The molecule has 2 nitrogen and oxygen atoms in total. The minimum Gasteiger partial charge on any atom is -0.400 e. The second kappa shape index (κ2) is 5.50. The smallest absolute Gasteiger partial charge is 0.186 e. The maximum absolute atomic E-state index is 5.93. The van der Waals surface area contributed by atoms with E-state index in [-0.39, 0.29) is 0 Å². The van der Waals surface area contributed by atoms with Crippen LogP contribution in [-0.4, -0.2) is 21.6 Å². The molecule has 0 saturated heterocycles. The zero-order chi connectivity index (χ0) is 12.2. The van der Waals surface area contributed by atoms with Gasteiger partial charge in [0.25, 0.3) is 0 Å². The normalized spacial score (nSPS) is 11.6. The third kappa shape index (κ3) is 4.37. The highest BCUT2D eigenvalue weighted by Crippen LogP contribution is 2.15. The monoisotopic (exact) mass is 237 g/mol. The van der Waals surface area contributed by atoms with Gasteiger partial charge in [0.1, 0.15) is 6.73 Å². The molecule has 0 aliphatic carbocycles. The van der Waals surface area contributed by atoms with Crippen molar-refractivity contribution in [3.8, 4) is 0 Å². The number of nitrogens with zero attached hydrogens (tertiary/aromatic N) is 1. The largest absolute Gasteiger partial charge is 0.400 e. The van der Waals surface area contributed by atoms with Crippen LogP contribution in [0.2, 0.25) is 19.6 Å². The summed E-state index contributed by atoms with van der Waals surface area (Å²) in [5, 5.41) is 0. The summed E-state index contributed by atoms with van der Waals surface area (Å²) in [4.78, 5) is 2.26. The van der Waals surface area contributed by atoms with E-state index in [1.165, 1.54) is 11.3 Å². The van der Waals surface area contributed by atoms with Gasteiger partial charge in [-0.15, -0.1) is 0 Å². The number of hydrogen-bond acceptors (Lipinski definition) is 2. The lowest BCUT2D eigenvalue weighted by Crippen LogP contribution is -2.34. The summed E-state index contributed by atoms with van der Waals surface area (Å²) in [5.74, 6) is 0. The summed E-state index contributed by atoms with van der Waals surface area (Å²) >= 11 is 0. The number of hydrogen-bond donors (Lipinski definition) is 0. The lowest BCUT2D eigenvalue weighted by atomic mass is 10.2. The maximum Gasteiger partial charge on any atom is 0.186 e. The summed E-state index contributed by atoms with van der Waals surface area (Å²) in [6, 6.07) is 8.61. The molecular weight excluding hydrogens is 214 g/mol. The van der Waals surface area contributed by atoms with Crippen LogP contribution in [0.15, 0.2) is 24.3 Å². The molecule has 16 heavy (non-hydrogen) atoms. The zero-order valence-corrected chi connectivity index (χ0v) is 12.1. The van der Waals surface area contributed by atoms with Crippen LogP contribution in [0.4, 0.5) is 5.69 Å². The molecule has 0 spiro atoms. The molecule has 0 bridgehead atoms. The fraction of sp³-hybridized carbons (Fsp3) is 0.538. The highest BCUT2D eigenvalue weighted by atomic mass is 28.4. The molecule has 0 aliphatic heterocycles. The molecular formula is C13H23NOSi. The predicted molar refractivity (Wildman–Crippen MR) is 73.5 cm³/mol. The van der Waals surface area contributed by atoms with Crippen LogP contribution in [0.3, 0.4) is 0 Å². The van der Waals surface area contributed by atoms with Crippen molar-refractivity contribution in [1.82, 2.24) is 0 Å². The van der Waals surface area contributed by atoms with Crippen LogP contribution in [0.5, 0.6) is 0 Å². The van der Waals surface area contributed by atoms with Crippen molar-refractivity contribution in [2.75, 3.05) is 18.2 Å². The van der Waals surface area contributed by atoms with Gasteiger partial charge in [0.2, 0.25) is 0 Å². The second-order valence-electron chi connectivity index (χ2n) is 5.08. The average Bonchev–Trinajstić information content (AvgIpc) is 2.20. The first-order valence-electron chi connectivity index (χ1n) is 5.88. The van der Waals surface area contributed by atoms with Gasteiger partial charge in [0, 0.05) is 12.2 Å². The standard InChI is InChI=1S/C13H23NOSi/c1-6-14(11-15-16(3,4)5)13-9-7-12(2)8-10-13/h7-10H,6,11H2,1-5H3. The molecule has 0 saturated carbocycles. The molecule has 1 aromatic rings. The molecule has 3 heteroatoms. The summed E-state index contributed by atoms with van der Waals surface area (Å²) in [7, 11) is -1.42. The first-order valence-corrected chi connectivity index (χ1v) is 9.29. The molecule has 0 radical (unpaired) electrons. The highest BCUT2D eigenvalue weighted by Gasteiger charge is 2.15. The van der Waals surface area contributed by atoms with Crippen molar-refractivity contribution in [1.29, 1.82) is 0 Å².